The van der Waals surface area contributed by atoms with E-state index >= 15 is 0 Å². The summed E-state index contributed by atoms with van der Waals surface area (Å²) in [6, 6.07) is 7.27. The Morgan fingerprint density at radius 3 is 2.70 bits per heavy atom. The number of likely N-dealkylation sites (N-methyl/N-ethyl adjacent to an activating group) is 2. The van der Waals surface area contributed by atoms with Crippen LogP contribution in [0.15, 0.2) is 41.5 Å². The van der Waals surface area contributed by atoms with E-state index in [9.17, 15) is 14.7 Å². The molecule has 0 aliphatic carbocycles. The molecule has 9 heteroatoms. The molecule has 4 rings (SSSR count). The van der Waals surface area contributed by atoms with Crippen molar-refractivity contribution < 1.29 is 9.90 Å². The molecule has 3 N–H and O–H groups in total. The normalized spacial score (nSPS) is 11.5. The molecule has 30 heavy (non-hydrogen) atoms. The molecule has 0 bridgehead atoms. The molecule has 0 spiro atoms. The molecule has 154 valence electrons. The van der Waals surface area contributed by atoms with Crippen LogP contribution >= 0.6 is 0 Å². The lowest BCUT2D eigenvalue weighted by atomic mass is 10.0. The van der Waals surface area contributed by atoms with Gasteiger partial charge in [0.2, 0.25) is 5.95 Å². The van der Waals surface area contributed by atoms with Crippen LogP contribution in [0.25, 0.3) is 33.1 Å². The van der Waals surface area contributed by atoms with E-state index in [0.717, 1.165) is 18.7 Å². The number of nitrogens with zero attached hydrogens (tertiary/aromatic N) is 4. The molecule has 9 nitrogen and oxygen atoms in total. The highest BCUT2D eigenvalue weighted by molar-refractivity contribution is 6.15. The predicted molar refractivity (Wildman–Crippen MR) is 116 cm³/mol. The number of fused-ring (bicyclic) bond motifs is 3. The molecule has 0 radical (unpaired) electrons. The van der Waals surface area contributed by atoms with Gasteiger partial charge >= 0.3 is 5.97 Å². The summed E-state index contributed by atoms with van der Waals surface area (Å²) < 4.78 is 0. The fourth-order valence-corrected chi connectivity index (χ4v) is 3.40. The fourth-order valence-electron chi connectivity index (χ4n) is 3.40. The summed E-state index contributed by atoms with van der Waals surface area (Å²) in [4.78, 5) is 42.6. The zero-order chi connectivity index (χ0) is 21.4. The molecule has 4 aromatic rings. The quantitative estimate of drug-likeness (QED) is 0.449. The average molecular weight is 406 g/mol. The molecular weight excluding hydrogens is 384 g/mol. The third kappa shape index (κ3) is 3.50. The molecule has 0 aliphatic heterocycles. The van der Waals surface area contributed by atoms with Crippen LogP contribution in [0.3, 0.4) is 0 Å². The van der Waals surface area contributed by atoms with E-state index in [4.69, 9.17) is 0 Å². The first-order valence-corrected chi connectivity index (χ1v) is 9.45. The number of aromatic amines is 2. The molecule has 3 aromatic heterocycles. The molecule has 0 saturated carbocycles. The van der Waals surface area contributed by atoms with E-state index in [2.05, 4.69) is 24.8 Å². The smallest absolute Gasteiger partial charge is 0.337 e. The highest BCUT2D eigenvalue weighted by Crippen LogP contribution is 2.29. The number of hydrogen-bond donors (Lipinski definition) is 3. The number of hydrogen-bond acceptors (Lipinski definition) is 6. The molecule has 0 aliphatic rings. The lowest BCUT2D eigenvalue weighted by molar-refractivity contribution is 0.0699. The third-order valence-electron chi connectivity index (χ3n) is 5.04. The first-order chi connectivity index (χ1) is 14.3. The summed E-state index contributed by atoms with van der Waals surface area (Å²) in [5.41, 5.74) is 2.03. The lowest BCUT2D eigenvalue weighted by Crippen LogP contribution is -2.29. The van der Waals surface area contributed by atoms with Crippen molar-refractivity contribution in [2.75, 3.05) is 39.1 Å². The number of H-pyrrole nitrogens is 2. The molecule has 0 fully saturated rings. The van der Waals surface area contributed by atoms with E-state index < -0.39 is 5.97 Å². The summed E-state index contributed by atoms with van der Waals surface area (Å²) in [5, 5.41) is 10.6. The highest BCUT2D eigenvalue weighted by atomic mass is 16.4. The van der Waals surface area contributed by atoms with Gasteiger partial charge in [0.1, 0.15) is 5.52 Å². The molecule has 1 aromatic carbocycles. The Labute approximate surface area is 172 Å². The van der Waals surface area contributed by atoms with Crippen molar-refractivity contribution in [1.29, 1.82) is 0 Å². The van der Waals surface area contributed by atoms with Gasteiger partial charge in [-0.15, -0.1) is 0 Å². The van der Waals surface area contributed by atoms with E-state index in [1.54, 1.807) is 12.3 Å². The van der Waals surface area contributed by atoms with Gasteiger partial charge in [-0.25, -0.2) is 14.8 Å². The topological polar surface area (TPSA) is 118 Å². The van der Waals surface area contributed by atoms with Crippen molar-refractivity contribution in [1.82, 2.24) is 24.8 Å². The number of anilines is 1. The van der Waals surface area contributed by atoms with E-state index in [0.29, 0.717) is 27.9 Å². The highest BCUT2D eigenvalue weighted by Gasteiger charge is 2.17. The zero-order valence-electron chi connectivity index (χ0n) is 16.9. The Kier molecular flexibility index (Phi) is 4.96. The van der Waals surface area contributed by atoms with Gasteiger partial charge in [-0.05, 0) is 32.3 Å². The van der Waals surface area contributed by atoms with Crippen molar-refractivity contribution in [3.63, 3.8) is 0 Å². The molecule has 0 saturated heterocycles. The molecular formula is C21H22N6O3. The SMILES string of the molecule is CN(C)CCN(C)c1nccc(-c2ccc3[nH]c(=O)c4[nH]cc(C(=O)O)c4c3c2)n1. The molecule has 3 heterocycles. The summed E-state index contributed by atoms with van der Waals surface area (Å²) in [5.74, 6) is -0.487. The zero-order valence-corrected chi connectivity index (χ0v) is 16.9. The number of rotatable bonds is 6. The third-order valence-corrected chi connectivity index (χ3v) is 5.04. The van der Waals surface area contributed by atoms with Gasteiger partial charge in [-0.3, -0.25) is 4.79 Å². The van der Waals surface area contributed by atoms with Gasteiger partial charge in [-0.2, -0.15) is 0 Å². The van der Waals surface area contributed by atoms with Crippen molar-refractivity contribution in [2.24, 2.45) is 0 Å². The Morgan fingerprint density at radius 1 is 1.17 bits per heavy atom. The number of nitrogens with one attached hydrogen (secondary N) is 2. The number of carboxylic acids is 1. The standard InChI is InChI=1S/C21H22N6O3/c1-26(2)8-9-27(3)21-22-7-6-15(25-21)12-4-5-16-13(10-12)17-14(20(29)30)11-23-18(17)19(28)24-16/h4-7,10-11,23H,8-9H2,1-3H3,(H,24,28)(H,29,30). The van der Waals surface area contributed by atoms with Crippen LogP contribution in [0.4, 0.5) is 5.95 Å². The molecule has 0 amide bonds. The number of aromatic carboxylic acids is 1. The van der Waals surface area contributed by atoms with Gasteiger partial charge in [0.05, 0.1) is 11.3 Å². The Bertz CT molecular complexity index is 1310. The number of carboxylic acid groups (broad SMARTS) is 1. The average Bonchev–Trinajstić information content (AvgIpc) is 3.18. The monoisotopic (exact) mass is 406 g/mol. The van der Waals surface area contributed by atoms with Crippen LogP contribution in [-0.2, 0) is 0 Å². The van der Waals surface area contributed by atoms with Crippen molar-refractivity contribution in [2.45, 2.75) is 0 Å². The Morgan fingerprint density at radius 2 is 1.97 bits per heavy atom. The minimum Gasteiger partial charge on any atom is -0.478 e. The molecule has 0 unspecified atom stereocenters. The fraction of sp³-hybridized carbons (Fsp3) is 0.238. The van der Waals surface area contributed by atoms with Gasteiger partial charge < -0.3 is 24.9 Å². The second-order valence-corrected chi connectivity index (χ2v) is 7.44. The molecule has 0 atom stereocenters. The number of benzene rings is 1. The maximum Gasteiger partial charge on any atom is 0.337 e. The summed E-state index contributed by atoms with van der Waals surface area (Å²) in [6.07, 6.45) is 3.05. The van der Waals surface area contributed by atoms with Crippen molar-refractivity contribution >= 4 is 33.7 Å². The summed E-state index contributed by atoms with van der Waals surface area (Å²) in [7, 11) is 5.96. The van der Waals surface area contributed by atoms with Gasteiger partial charge in [0.25, 0.3) is 5.56 Å². The largest absolute Gasteiger partial charge is 0.478 e. The summed E-state index contributed by atoms with van der Waals surface area (Å²) in [6.45, 7) is 1.65. The second kappa shape index (κ2) is 7.60. The number of pyridine rings is 1. The van der Waals surface area contributed by atoms with Gasteiger partial charge in [-0.1, -0.05) is 6.07 Å². The van der Waals surface area contributed by atoms with Crippen LogP contribution in [0.2, 0.25) is 0 Å². The van der Waals surface area contributed by atoms with Crippen LogP contribution in [0.5, 0.6) is 0 Å². The first-order valence-electron chi connectivity index (χ1n) is 9.45. The lowest BCUT2D eigenvalue weighted by Gasteiger charge is -2.19. The van der Waals surface area contributed by atoms with Crippen LogP contribution in [0.1, 0.15) is 10.4 Å². The summed E-state index contributed by atoms with van der Waals surface area (Å²) >= 11 is 0. The number of carbonyl (C=O) groups is 1. The maximum absolute atomic E-state index is 12.3. The minimum atomic E-state index is -1.09. The van der Waals surface area contributed by atoms with Crippen LogP contribution in [-0.4, -0.2) is 70.1 Å². The van der Waals surface area contributed by atoms with Gasteiger partial charge in [0.15, 0.2) is 0 Å². The van der Waals surface area contributed by atoms with Crippen LogP contribution in [0, 0.1) is 0 Å². The van der Waals surface area contributed by atoms with E-state index in [1.807, 2.05) is 44.2 Å². The number of aromatic nitrogens is 4. The predicted octanol–water partition coefficient (Wildman–Crippen LogP) is 2.16. The van der Waals surface area contributed by atoms with Crippen LogP contribution < -0.4 is 10.5 Å². The van der Waals surface area contributed by atoms with Crippen molar-refractivity contribution in [3.05, 3.63) is 52.6 Å². The van der Waals surface area contributed by atoms with E-state index in [1.165, 1.54) is 6.20 Å². The van der Waals surface area contributed by atoms with E-state index in [-0.39, 0.29) is 16.6 Å². The van der Waals surface area contributed by atoms with Crippen molar-refractivity contribution in [3.8, 4) is 11.3 Å². The van der Waals surface area contributed by atoms with Gasteiger partial charge in [0, 0.05) is 54.4 Å². The Balaban J connectivity index is 1.83. The second-order valence-electron chi connectivity index (χ2n) is 7.44. The minimum absolute atomic E-state index is 0.0602. The first kappa shape index (κ1) is 19.6. The Hall–Kier alpha value is -3.72. The maximum atomic E-state index is 12.3.